The van der Waals surface area contributed by atoms with Crippen LogP contribution in [0.3, 0.4) is 0 Å². The van der Waals surface area contributed by atoms with Crippen LogP contribution in [-0.4, -0.2) is 35.8 Å². The number of primary amides is 1. The quantitative estimate of drug-likeness (QED) is 0.810. The standard InChI is InChI=1S/C15H29N3O2/c1-10-5-6-11(13(17)19)9-18(10)14(20)12(8-16)7-15(2,3)4/h10-12H,5-9,16H2,1-4H3,(H2,17,19). The normalized spacial score (nSPS) is 25.4. The average Bonchev–Trinajstić information content (AvgIpc) is 2.34. The lowest BCUT2D eigenvalue weighted by Gasteiger charge is -2.39. The summed E-state index contributed by atoms with van der Waals surface area (Å²) in [6.07, 6.45) is 2.35. The highest BCUT2D eigenvalue weighted by atomic mass is 16.2. The Hall–Kier alpha value is -1.10. The highest BCUT2D eigenvalue weighted by molar-refractivity contribution is 5.82. The fraction of sp³-hybridized carbons (Fsp3) is 0.867. The van der Waals surface area contributed by atoms with E-state index in [1.807, 2.05) is 11.8 Å². The number of carbonyl (C=O) groups excluding carboxylic acids is 2. The lowest BCUT2D eigenvalue weighted by atomic mass is 9.83. The minimum Gasteiger partial charge on any atom is -0.369 e. The highest BCUT2D eigenvalue weighted by Crippen LogP contribution is 2.28. The summed E-state index contributed by atoms with van der Waals surface area (Å²) in [6, 6.07) is 0.159. The van der Waals surface area contributed by atoms with E-state index in [0.717, 1.165) is 19.3 Å². The number of amides is 2. The molecule has 2 amide bonds. The molecule has 4 N–H and O–H groups in total. The van der Waals surface area contributed by atoms with Gasteiger partial charge in [0.15, 0.2) is 0 Å². The second-order valence-electron chi connectivity index (χ2n) is 7.21. The molecule has 3 atom stereocenters. The van der Waals surface area contributed by atoms with E-state index in [1.165, 1.54) is 0 Å². The molecule has 1 saturated heterocycles. The van der Waals surface area contributed by atoms with Crippen LogP contribution >= 0.6 is 0 Å². The van der Waals surface area contributed by atoms with E-state index in [-0.39, 0.29) is 35.1 Å². The van der Waals surface area contributed by atoms with Gasteiger partial charge in [0.1, 0.15) is 0 Å². The SMILES string of the molecule is CC1CCC(C(N)=O)CN1C(=O)C(CN)CC(C)(C)C. The van der Waals surface area contributed by atoms with Crippen LogP contribution in [0.4, 0.5) is 0 Å². The first-order chi connectivity index (χ1) is 9.15. The first-order valence-corrected chi connectivity index (χ1v) is 7.45. The highest BCUT2D eigenvalue weighted by Gasteiger charge is 2.35. The molecular weight excluding hydrogens is 254 g/mol. The Morgan fingerprint density at radius 2 is 1.90 bits per heavy atom. The number of nitrogens with two attached hydrogens (primary N) is 2. The van der Waals surface area contributed by atoms with Gasteiger partial charge in [0.05, 0.1) is 11.8 Å². The fourth-order valence-electron chi connectivity index (χ4n) is 2.89. The predicted molar refractivity (Wildman–Crippen MR) is 79.7 cm³/mol. The topological polar surface area (TPSA) is 89.4 Å². The smallest absolute Gasteiger partial charge is 0.227 e. The van der Waals surface area contributed by atoms with Gasteiger partial charge in [0.25, 0.3) is 0 Å². The number of hydrogen-bond donors (Lipinski definition) is 2. The summed E-state index contributed by atoms with van der Waals surface area (Å²) in [5, 5.41) is 0. The Bertz CT molecular complexity index is 363. The summed E-state index contributed by atoms with van der Waals surface area (Å²) >= 11 is 0. The van der Waals surface area contributed by atoms with E-state index in [1.54, 1.807) is 0 Å². The van der Waals surface area contributed by atoms with Crippen molar-refractivity contribution in [1.29, 1.82) is 0 Å². The molecule has 5 nitrogen and oxygen atoms in total. The van der Waals surface area contributed by atoms with Gasteiger partial charge in [-0.3, -0.25) is 9.59 Å². The maximum absolute atomic E-state index is 12.7. The van der Waals surface area contributed by atoms with Crippen molar-refractivity contribution in [1.82, 2.24) is 4.90 Å². The lowest BCUT2D eigenvalue weighted by molar-refractivity contribution is -0.142. The number of rotatable bonds is 4. The van der Waals surface area contributed by atoms with Crippen LogP contribution in [0.25, 0.3) is 0 Å². The zero-order valence-corrected chi connectivity index (χ0v) is 13.2. The van der Waals surface area contributed by atoms with Gasteiger partial charge >= 0.3 is 0 Å². The molecule has 1 aliphatic rings. The molecule has 5 heteroatoms. The Kier molecular flexibility index (Phi) is 5.57. The lowest BCUT2D eigenvalue weighted by Crippen LogP contribution is -2.51. The molecular formula is C15H29N3O2. The van der Waals surface area contributed by atoms with Crippen LogP contribution in [0, 0.1) is 17.3 Å². The van der Waals surface area contributed by atoms with Gasteiger partial charge in [-0.2, -0.15) is 0 Å². The van der Waals surface area contributed by atoms with Gasteiger partial charge in [0.2, 0.25) is 11.8 Å². The molecule has 116 valence electrons. The van der Waals surface area contributed by atoms with E-state index >= 15 is 0 Å². The van der Waals surface area contributed by atoms with Crippen LogP contribution in [0.5, 0.6) is 0 Å². The van der Waals surface area contributed by atoms with Gasteiger partial charge in [-0.25, -0.2) is 0 Å². The fourth-order valence-corrected chi connectivity index (χ4v) is 2.89. The van der Waals surface area contributed by atoms with Crippen LogP contribution in [-0.2, 0) is 9.59 Å². The van der Waals surface area contributed by atoms with E-state index in [0.29, 0.717) is 13.1 Å². The van der Waals surface area contributed by atoms with Crippen LogP contribution < -0.4 is 11.5 Å². The molecule has 0 spiro atoms. The summed E-state index contributed by atoms with van der Waals surface area (Å²) in [5.41, 5.74) is 11.2. The zero-order chi connectivity index (χ0) is 15.5. The third-order valence-corrected chi connectivity index (χ3v) is 4.06. The molecule has 3 unspecified atom stereocenters. The van der Waals surface area contributed by atoms with E-state index in [9.17, 15) is 9.59 Å². The summed E-state index contributed by atoms with van der Waals surface area (Å²) in [4.78, 5) is 25.8. The molecule has 1 fully saturated rings. The molecule has 1 heterocycles. The summed E-state index contributed by atoms with van der Waals surface area (Å²) in [5.74, 6) is -0.636. The molecule has 0 aromatic carbocycles. The number of nitrogens with zero attached hydrogens (tertiary/aromatic N) is 1. The van der Waals surface area contributed by atoms with Gasteiger partial charge in [-0.1, -0.05) is 20.8 Å². The summed E-state index contributed by atoms with van der Waals surface area (Å²) in [7, 11) is 0. The second kappa shape index (κ2) is 6.57. The molecule has 0 bridgehead atoms. The number of hydrogen-bond acceptors (Lipinski definition) is 3. The maximum Gasteiger partial charge on any atom is 0.227 e. The molecule has 0 aromatic rings. The molecule has 0 saturated carbocycles. The van der Waals surface area contributed by atoms with E-state index < -0.39 is 0 Å². The largest absolute Gasteiger partial charge is 0.369 e. The van der Waals surface area contributed by atoms with E-state index in [4.69, 9.17) is 11.5 Å². The Morgan fingerprint density at radius 3 is 2.35 bits per heavy atom. The van der Waals surface area contributed by atoms with Gasteiger partial charge in [-0.15, -0.1) is 0 Å². The monoisotopic (exact) mass is 283 g/mol. The van der Waals surface area contributed by atoms with Gasteiger partial charge in [0, 0.05) is 19.1 Å². The molecule has 20 heavy (non-hydrogen) atoms. The van der Waals surface area contributed by atoms with Crippen LogP contribution in [0.1, 0.15) is 47.0 Å². The van der Waals surface area contributed by atoms with Crippen molar-refractivity contribution >= 4 is 11.8 Å². The Balaban J connectivity index is 2.78. The minimum absolute atomic E-state index is 0.0574. The van der Waals surface area contributed by atoms with E-state index in [2.05, 4.69) is 20.8 Å². The second-order valence-corrected chi connectivity index (χ2v) is 7.21. The first-order valence-electron chi connectivity index (χ1n) is 7.45. The van der Waals surface area contributed by atoms with Crippen molar-refractivity contribution in [2.75, 3.05) is 13.1 Å². The number of carbonyl (C=O) groups is 2. The average molecular weight is 283 g/mol. The Morgan fingerprint density at radius 1 is 1.30 bits per heavy atom. The predicted octanol–water partition coefficient (Wildman–Crippen LogP) is 1.11. The van der Waals surface area contributed by atoms with Gasteiger partial charge < -0.3 is 16.4 Å². The zero-order valence-electron chi connectivity index (χ0n) is 13.2. The van der Waals surface area contributed by atoms with Crippen molar-refractivity contribution < 1.29 is 9.59 Å². The number of likely N-dealkylation sites (tertiary alicyclic amines) is 1. The van der Waals surface area contributed by atoms with Crippen molar-refractivity contribution in [2.45, 2.75) is 53.0 Å². The molecule has 0 aliphatic carbocycles. The maximum atomic E-state index is 12.7. The first kappa shape index (κ1) is 17.0. The van der Waals surface area contributed by atoms with Crippen molar-refractivity contribution in [3.63, 3.8) is 0 Å². The van der Waals surface area contributed by atoms with Crippen molar-refractivity contribution in [2.24, 2.45) is 28.7 Å². The molecule has 0 aromatic heterocycles. The summed E-state index contributed by atoms with van der Waals surface area (Å²) in [6.45, 7) is 9.13. The van der Waals surface area contributed by atoms with Crippen LogP contribution in [0.15, 0.2) is 0 Å². The number of piperidine rings is 1. The summed E-state index contributed by atoms with van der Waals surface area (Å²) < 4.78 is 0. The third kappa shape index (κ3) is 4.47. The van der Waals surface area contributed by atoms with Crippen molar-refractivity contribution in [3.8, 4) is 0 Å². The molecule has 1 aliphatic heterocycles. The molecule has 1 rings (SSSR count). The molecule has 0 radical (unpaired) electrons. The van der Waals surface area contributed by atoms with Crippen LogP contribution in [0.2, 0.25) is 0 Å². The third-order valence-electron chi connectivity index (χ3n) is 4.06. The van der Waals surface area contributed by atoms with Crippen molar-refractivity contribution in [3.05, 3.63) is 0 Å². The Labute approximate surface area is 122 Å². The van der Waals surface area contributed by atoms with Gasteiger partial charge in [-0.05, 0) is 31.6 Å². The minimum atomic E-state index is -0.310.